The van der Waals surface area contributed by atoms with Gasteiger partial charge in [-0.15, -0.1) is 0 Å². The Balaban J connectivity index is 1.52. The minimum atomic E-state index is -5.02. The van der Waals surface area contributed by atoms with Crippen LogP contribution in [0.25, 0.3) is 0 Å². The molecule has 3 fully saturated rings. The summed E-state index contributed by atoms with van der Waals surface area (Å²) in [6, 6.07) is 0. The molecule has 0 spiro atoms. The molecule has 0 aromatic rings. The molecule has 6 heteroatoms. The van der Waals surface area contributed by atoms with E-state index >= 15 is 0 Å². The van der Waals surface area contributed by atoms with Crippen molar-refractivity contribution < 1.29 is 27.5 Å². The standard InChI is InChI=1S/C23H25F3O3/c1-21-11-8-19-17(5-3-15-13-16(27)7-10-22(15,19)2)18(21)6-4-14(21)9-12-29-20(28)23(24,25)26/h7,10,13-14,17-19H,3-6,8,11H2,1-2H3/t14-,17-,18-,19-,21+,22-/m0/s1. The van der Waals surface area contributed by atoms with Crippen LogP contribution in [0.5, 0.6) is 0 Å². The second-order valence-electron chi connectivity index (χ2n) is 9.41. The van der Waals surface area contributed by atoms with Crippen LogP contribution >= 0.6 is 0 Å². The lowest BCUT2D eigenvalue weighted by Crippen LogP contribution is -2.49. The molecule has 0 unspecified atom stereocenters. The van der Waals surface area contributed by atoms with Gasteiger partial charge in [0.15, 0.2) is 5.78 Å². The first-order valence-corrected chi connectivity index (χ1v) is 10.3. The van der Waals surface area contributed by atoms with Crippen LogP contribution in [0.1, 0.15) is 52.4 Å². The predicted octanol–water partition coefficient (Wildman–Crippen LogP) is 4.98. The van der Waals surface area contributed by atoms with Gasteiger partial charge >= 0.3 is 12.1 Å². The van der Waals surface area contributed by atoms with Crippen molar-refractivity contribution in [3.05, 3.63) is 23.8 Å². The third-order valence-corrected chi connectivity index (χ3v) is 8.16. The molecule has 0 aliphatic heterocycles. The van der Waals surface area contributed by atoms with Gasteiger partial charge in [-0.25, -0.2) is 4.79 Å². The second kappa shape index (κ2) is 6.75. The summed E-state index contributed by atoms with van der Waals surface area (Å²) in [4.78, 5) is 22.7. The normalized spacial score (nSPS) is 40.7. The quantitative estimate of drug-likeness (QED) is 0.421. The lowest BCUT2D eigenvalue weighted by atomic mass is 9.48. The van der Waals surface area contributed by atoms with Crippen molar-refractivity contribution in [3.8, 4) is 12.0 Å². The van der Waals surface area contributed by atoms with Crippen molar-refractivity contribution in [1.82, 2.24) is 0 Å². The van der Waals surface area contributed by atoms with Gasteiger partial charge < -0.3 is 4.74 Å². The van der Waals surface area contributed by atoms with Gasteiger partial charge in [0.2, 0.25) is 0 Å². The van der Waals surface area contributed by atoms with E-state index in [1.165, 1.54) is 5.57 Å². The summed E-state index contributed by atoms with van der Waals surface area (Å²) in [7, 11) is 0. The largest absolute Gasteiger partial charge is 0.492 e. The monoisotopic (exact) mass is 406 g/mol. The Morgan fingerprint density at radius 3 is 2.66 bits per heavy atom. The Labute approximate surface area is 168 Å². The maximum absolute atomic E-state index is 12.3. The van der Waals surface area contributed by atoms with Crippen LogP contribution in [0.15, 0.2) is 23.8 Å². The highest BCUT2D eigenvalue weighted by Gasteiger charge is 2.58. The van der Waals surface area contributed by atoms with Gasteiger partial charge in [-0.3, -0.25) is 4.79 Å². The smallest absolute Gasteiger partial charge is 0.365 e. The zero-order valence-corrected chi connectivity index (χ0v) is 16.6. The first-order valence-electron chi connectivity index (χ1n) is 10.3. The van der Waals surface area contributed by atoms with Gasteiger partial charge in [0, 0.05) is 11.3 Å². The molecule has 0 aromatic heterocycles. The summed E-state index contributed by atoms with van der Waals surface area (Å²) in [5.74, 6) is 2.01. The molecule has 156 valence electrons. The van der Waals surface area contributed by atoms with Crippen molar-refractivity contribution in [2.75, 3.05) is 0 Å². The van der Waals surface area contributed by atoms with Crippen LogP contribution in [-0.2, 0) is 14.3 Å². The molecule has 4 aliphatic rings. The molecule has 0 radical (unpaired) electrons. The van der Waals surface area contributed by atoms with Crippen molar-refractivity contribution in [2.45, 2.75) is 58.5 Å². The molecule has 0 N–H and O–H groups in total. The topological polar surface area (TPSA) is 43.4 Å². The van der Waals surface area contributed by atoms with Gasteiger partial charge in [0.1, 0.15) is 6.11 Å². The van der Waals surface area contributed by atoms with Crippen LogP contribution < -0.4 is 0 Å². The van der Waals surface area contributed by atoms with Gasteiger partial charge in [0.05, 0.1) is 0 Å². The number of hydrogen-bond acceptors (Lipinski definition) is 3. The molecule has 3 nitrogen and oxygen atoms in total. The molecule has 0 aromatic carbocycles. The van der Waals surface area contributed by atoms with Crippen LogP contribution in [0, 0.1) is 46.5 Å². The maximum atomic E-state index is 12.3. The third-order valence-electron chi connectivity index (χ3n) is 8.16. The highest BCUT2D eigenvalue weighted by atomic mass is 19.4. The molecule has 0 bridgehead atoms. The summed E-state index contributed by atoms with van der Waals surface area (Å²) in [5, 5.41) is 0. The SMILES string of the molecule is C[C@]12CC[C@H]3[C@@H](CCC4=CC(=O)C=C[C@@]43C)[C@@H]1CC[C@H]2C#COC(=O)C(F)(F)F. The number of ketones is 1. The number of allylic oxidation sites excluding steroid dienone is 4. The molecular weight excluding hydrogens is 381 g/mol. The fourth-order valence-corrected chi connectivity index (χ4v) is 6.64. The van der Waals surface area contributed by atoms with Gasteiger partial charge in [-0.05, 0) is 73.8 Å². The Bertz CT molecular complexity index is 859. The van der Waals surface area contributed by atoms with E-state index in [4.69, 9.17) is 0 Å². The number of carbonyl (C=O) groups excluding carboxylic acids is 2. The van der Waals surface area contributed by atoms with Gasteiger partial charge in [-0.2, -0.15) is 13.2 Å². The molecule has 4 aliphatic carbocycles. The first-order chi connectivity index (χ1) is 13.6. The molecule has 0 amide bonds. The number of alkyl halides is 3. The van der Waals surface area contributed by atoms with E-state index in [1.54, 1.807) is 6.08 Å². The Hall–Kier alpha value is -2.03. The van der Waals surface area contributed by atoms with Crippen LogP contribution in [0.4, 0.5) is 13.2 Å². The molecular formula is C23H25F3O3. The van der Waals surface area contributed by atoms with Gasteiger partial charge in [-0.1, -0.05) is 31.4 Å². The number of carbonyl (C=O) groups is 2. The van der Waals surface area contributed by atoms with E-state index in [-0.39, 0.29) is 22.5 Å². The van der Waals surface area contributed by atoms with Crippen molar-refractivity contribution in [1.29, 1.82) is 0 Å². The summed E-state index contributed by atoms with van der Waals surface area (Å²) in [6.07, 6.45) is 8.31. The van der Waals surface area contributed by atoms with Crippen molar-refractivity contribution in [3.63, 3.8) is 0 Å². The number of hydrogen-bond donors (Lipinski definition) is 0. The second-order valence-corrected chi connectivity index (χ2v) is 9.41. The minimum Gasteiger partial charge on any atom is -0.365 e. The van der Waals surface area contributed by atoms with E-state index in [0.29, 0.717) is 17.8 Å². The number of rotatable bonds is 0. The number of fused-ring (bicyclic) bond motifs is 5. The van der Waals surface area contributed by atoms with E-state index in [0.717, 1.165) is 38.5 Å². The fourth-order valence-electron chi connectivity index (χ4n) is 6.64. The molecule has 4 rings (SSSR count). The zero-order chi connectivity index (χ0) is 21.0. The van der Waals surface area contributed by atoms with E-state index in [2.05, 4.69) is 30.6 Å². The lowest BCUT2D eigenvalue weighted by Gasteiger charge is -2.56. The minimum absolute atomic E-state index is 0.0669. The number of esters is 1. The fraction of sp³-hybridized carbons (Fsp3) is 0.652. The predicted molar refractivity (Wildman–Crippen MR) is 100 cm³/mol. The maximum Gasteiger partial charge on any atom is 0.492 e. The molecule has 29 heavy (non-hydrogen) atoms. The average Bonchev–Trinajstić information content (AvgIpc) is 2.98. The van der Waals surface area contributed by atoms with E-state index in [9.17, 15) is 22.8 Å². The Morgan fingerprint density at radius 1 is 1.17 bits per heavy atom. The summed E-state index contributed by atoms with van der Waals surface area (Å²) in [6.45, 7) is 4.43. The van der Waals surface area contributed by atoms with Gasteiger partial charge in [0.25, 0.3) is 0 Å². The zero-order valence-electron chi connectivity index (χ0n) is 16.6. The highest BCUT2D eigenvalue weighted by molar-refractivity contribution is 6.01. The first kappa shape index (κ1) is 20.3. The van der Waals surface area contributed by atoms with Crippen molar-refractivity contribution in [2.24, 2.45) is 34.5 Å². The lowest BCUT2D eigenvalue weighted by molar-refractivity contribution is -0.192. The number of ether oxygens (including phenoxy) is 1. The average molecular weight is 406 g/mol. The van der Waals surface area contributed by atoms with Crippen LogP contribution in [-0.4, -0.2) is 17.9 Å². The third kappa shape index (κ3) is 3.23. The van der Waals surface area contributed by atoms with E-state index in [1.807, 2.05) is 12.2 Å². The summed E-state index contributed by atoms with van der Waals surface area (Å²) in [5.41, 5.74) is 1.08. The van der Waals surface area contributed by atoms with Crippen LogP contribution in [0.2, 0.25) is 0 Å². The van der Waals surface area contributed by atoms with Crippen molar-refractivity contribution >= 4 is 11.8 Å². The Kier molecular flexibility index (Phi) is 4.72. The molecule has 0 saturated heterocycles. The van der Waals surface area contributed by atoms with E-state index < -0.39 is 12.1 Å². The summed E-state index contributed by atoms with van der Waals surface area (Å²) < 4.78 is 41.0. The molecule has 0 heterocycles. The molecule has 6 atom stereocenters. The molecule has 3 saturated carbocycles. The Morgan fingerprint density at radius 2 is 1.93 bits per heavy atom. The highest BCUT2D eigenvalue weighted by Crippen LogP contribution is 2.65. The summed E-state index contributed by atoms with van der Waals surface area (Å²) >= 11 is 0. The van der Waals surface area contributed by atoms with Crippen LogP contribution in [0.3, 0.4) is 0 Å². The number of halogens is 3.